The van der Waals surface area contributed by atoms with Crippen LogP contribution in [0.25, 0.3) is 11.3 Å². The first-order valence-corrected chi connectivity index (χ1v) is 6.28. The summed E-state index contributed by atoms with van der Waals surface area (Å²) in [5.41, 5.74) is 7.57. The van der Waals surface area contributed by atoms with Gasteiger partial charge in [0.1, 0.15) is 0 Å². The molecule has 1 N–H and O–H groups in total. The van der Waals surface area contributed by atoms with Gasteiger partial charge in [-0.3, -0.25) is 0 Å². The zero-order valence-electron chi connectivity index (χ0n) is 11.8. The molecule has 0 bridgehead atoms. The van der Waals surface area contributed by atoms with Crippen LogP contribution in [0.15, 0.2) is 18.5 Å². The highest BCUT2D eigenvalue weighted by Crippen LogP contribution is 2.28. The summed E-state index contributed by atoms with van der Waals surface area (Å²) >= 11 is 0. The Morgan fingerprint density at radius 1 is 1.17 bits per heavy atom. The molecular formula is C15H21N3. The van der Waals surface area contributed by atoms with Crippen molar-refractivity contribution in [1.82, 2.24) is 14.9 Å². The van der Waals surface area contributed by atoms with E-state index >= 15 is 0 Å². The molecule has 0 spiro atoms. The monoisotopic (exact) mass is 243 g/mol. The molecule has 0 aliphatic rings. The number of hydrogen-bond donors (Lipinski definition) is 1. The summed E-state index contributed by atoms with van der Waals surface area (Å²) in [4.78, 5) is 4.56. The van der Waals surface area contributed by atoms with Gasteiger partial charge in [0.05, 0.1) is 17.7 Å². The molecule has 0 amide bonds. The van der Waals surface area contributed by atoms with Crippen molar-refractivity contribution in [2.75, 3.05) is 7.05 Å². The van der Waals surface area contributed by atoms with Gasteiger partial charge in [-0.1, -0.05) is 12.1 Å². The maximum Gasteiger partial charge on any atom is 0.0953 e. The smallest absolute Gasteiger partial charge is 0.0953 e. The number of rotatable bonds is 3. The van der Waals surface area contributed by atoms with E-state index in [1.54, 1.807) is 0 Å². The predicted octanol–water partition coefficient (Wildman–Crippen LogP) is 2.73. The van der Waals surface area contributed by atoms with E-state index < -0.39 is 0 Å². The van der Waals surface area contributed by atoms with Gasteiger partial charge < -0.3 is 9.88 Å². The number of hydrogen-bond acceptors (Lipinski definition) is 2. The average molecular weight is 243 g/mol. The van der Waals surface area contributed by atoms with Gasteiger partial charge in [0.2, 0.25) is 0 Å². The zero-order valence-corrected chi connectivity index (χ0v) is 11.8. The number of aryl methyl sites for hydroxylation is 2. The first-order chi connectivity index (χ1) is 8.56. The topological polar surface area (TPSA) is 29.9 Å². The maximum atomic E-state index is 4.56. The van der Waals surface area contributed by atoms with Crippen LogP contribution in [0.2, 0.25) is 0 Å². The highest BCUT2D eigenvalue weighted by atomic mass is 15.1. The van der Waals surface area contributed by atoms with Gasteiger partial charge in [-0.25, -0.2) is 4.98 Å². The Morgan fingerprint density at radius 3 is 2.56 bits per heavy atom. The molecule has 3 nitrogen and oxygen atoms in total. The van der Waals surface area contributed by atoms with E-state index in [1.807, 2.05) is 20.4 Å². The summed E-state index contributed by atoms with van der Waals surface area (Å²) in [5, 5.41) is 3.21. The second-order valence-electron chi connectivity index (χ2n) is 4.86. The Kier molecular flexibility index (Phi) is 3.53. The summed E-state index contributed by atoms with van der Waals surface area (Å²) in [6.07, 6.45) is 1.89. The van der Waals surface area contributed by atoms with Crippen LogP contribution in [-0.2, 0) is 13.6 Å². The van der Waals surface area contributed by atoms with E-state index in [0.29, 0.717) is 0 Å². The molecule has 3 heteroatoms. The third-order valence-corrected chi connectivity index (χ3v) is 3.72. The minimum atomic E-state index is 0.832. The zero-order chi connectivity index (χ0) is 13.3. The molecule has 0 atom stereocenters. The van der Waals surface area contributed by atoms with Crippen molar-refractivity contribution in [3.8, 4) is 11.3 Å². The molecule has 18 heavy (non-hydrogen) atoms. The second kappa shape index (κ2) is 4.94. The van der Waals surface area contributed by atoms with Crippen LogP contribution >= 0.6 is 0 Å². The van der Waals surface area contributed by atoms with Crippen molar-refractivity contribution in [3.05, 3.63) is 40.8 Å². The minimum absolute atomic E-state index is 0.832. The van der Waals surface area contributed by atoms with Gasteiger partial charge in [0, 0.05) is 19.2 Å². The van der Waals surface area contributed by atoms with E-state index in [9.17, 15) is 0 Å². The van der Waals surface area contributed by atoms with E-state index in [-0.39, 0.29) is 0 Å². The SMILES string of the molecule is CNCc1c(-c2ccc(C)c(C)c2C)ncn1C. The number of benzene rings is 1. The number of aromatic nitrogens is 2. The Balaban J connectivity index is 2.59. The van der Waals surface area contributed by atoms with E-state index in [4.69, 9.17) is 0 Å². The third kappa shape index (κ3) is 2.06. The Morgan fingerprint density at radius 2 is 1.89 bits per heavy atom. The summed E-state index contributed by atoms with van der Waals surface area (Å²) in [6.45, 7) is 7.33. The standard InChI is InChI=1S/C15H21N3/c1-10-6-7-13(12(3)11(10)2)15-14(8-16-4)18(5)9-17-15/h6-7,9,16H,8H2,1-5H3. The molecule has 2 rings (SSSR count). The molecule has 1 aromatic carbocycles. The van der Waals surface area contributed by atoms with E-state index in [2.05, 4.69) is 47.8 Å². The fourth-order valence-corrected chi connectivity index (χ4v) is 2.27. The predicted molar refractivity (Wildman–Crippen MR) is 75.6 cm³/mol. The van der Waals surface area contributed by atoms with Gasteiger partial charge in [-0.15, -0.1) is 0 Å². The van der Waals surface area contributed by atoms with Crippen LogP contribution < -0.4 is 5.32 Å². The van der Waals surface area contributed by atoms with Crippen molar-refractivity contribution in [3.63, 3.8) is 0 Å². The molecule has 1 aromatic heterocycles. The van der Waals surface area contributed by atoms with E-state index in [0.717, 1.165) is 12.2 Å². The summed E-state index contributed by atoms with van der Waals surface area (Å²) < 4.78 is 2.08. The Hall–Kier alpha value is -1.61. The fraction of sp³-hybridized carbons (Fsp3) is 0.400. The second-order valence-corrected chi connectivity index (χ2v) is 4.86. The lowest BCUT2D eigenvalue weighted by Gasteiger charge is -2.12. The number of nitrogens with one attached hydrogen (secondary N) is 1. The largest absolute Gasteiger partial charge is 0.336 e. The lowest BCUT2D eigenvalue weighted by molar-refractivity contribution is 0.735. The molecule has 0 radical (unpaired) electrons. The summed E-state index contributed by atoms with van der Waals surface area (Å²) in [6, 6.07) is 4.36. The first kappa shape index (κ1) is 12.8. The molecule has 1 heterocycles. The Bertz CT molecular complexity index is 567. The normalized spacial score (nSPS) is 10.9. The number of imidazole rings is 1. The van der Waals surface area contributed by atoms with Crippen LogP contribution in [-0.4, -0.2) is 16.6 Å². The third-order valence-electron chi connectivity index (χ3n) is 3.72. The fourth-order valence-electron chi connectivity index (χ4n) is 2.27. The lowest BCUT2D eigenvalue weighted by Crippen LogP contribution is -2.10. The van der Waals surface area contributed by atoms with Gasteiger partial charge in [-0.2, -0.15) is 0 Å². The highest BCUT2D eigenvalue weighted by Gasteiger charge is 2.13. The van der Waals surface area contributed by atoms with Gasteiger partial charge in [-0.05, 0) is 44.5 Å². The van der Waals surface area contributed by atoms with Crippen molar-refractivity contribution in [2.24, 2.45) is 7.05 Å². The molecular weight excluding hydrogens is 222 g/mol. The van der Waals surface area contributed by atoms with Crippen LogP contribution in [0.5, 0.6) is 0 Å². The molecule has 0 aliphatic heterocycles. The summed E-state index contributed by atoms with van der Waals surface area (Å²) in [7, 11) is 4.00. The molecule has 2 aromatic rings. The van der Waals surface area contributed by atoms with Crippen LogP contribution in [0.3, 0.4) is 0 Å². The van der Waals surface area contributed by atoms with Gasteiger partial charge in [0.15, 0.2) is 0 Å². The van der Waals surface area contributed by atoms with Crippen molar-refractivity contribution in [2.45, 2.75) is 27.3 Å². The lowest BCUT2D eigenvalue weighted by atomic mass is 9.96. The molecule has 0 saturated carbocycles. The molecule has 96 valence electrons. The first-order valence-electron chi connectivity index (χ1n) is 6.28. The molecule has 0 unspecified atom stereocenters. The maximum absolute atomic E-state index is 4.56. The van der Waals surface area contributed by atoms with Crippen LogP contribution in [0.1, 0.15) is 22.4 Å². The highest BCUT2D eigenvalue weighted by molar-refractivity contribution is 5.68. The minimum Gasteiger partial charge on any atom is -0.336 e. The van der Waals surface area contributed by atoms with Crippen molar-refractivity contribution < 1.29 is 0 Å². The van der Waals surface area contributed by atoms with Gasteiger partial charge in [0.25, 0.3) is 0 Å². The Labute approximate surface area is 109 Å². The molecule has 0 saturated heterocycles. The van der Waals surface area contributed by atoms with E-state index in [1.165, 1.54) is 27.9 Å². The van der Waals surface area contributed by atoms with Crippen LogP contribution in [0, 0.1) is 20.8 Å². The quantitative estimate of drug-likeness (QED) is 0.898. The van der Waals surface area contributed by atoms with Crippen molar-refractivity contribution in [1.29, 1.82) is 0 Å². The van der Waals surface area contributed by atoms with Gasteiger partial charge >= 0.3 is 0 Å². The van der Waals surface area contributed by atoms with Crippen LogP contribution in [0.4, 0.5) is 0 Å². The summed E-state index contributed by atoms with van der Waals surface area (Å²) in [5.74, 6) is 0. The van der Waals surface area contributed by atoms with Crippen molar-refractivity contribution >= 4 is 0 Å². The molecule has 0 fully saturated rings. The average Bonchev–Trinajstić information content (AvgIpc) is 2.70. The number of nitrogens with zero attached hydrogens (tertiary/aromatic N) is 2. The molecule has 0 aliphatic carbocycles.